The number of rotatable bonds is 2. The predicted molar refractivity (Wildman–Crippen MR) is 66.8 cm³/mol. The highest BCUT2D eigenvalue weighted by Gasteiger charge is 2.35. The highest BCUT2D eigenvalue weighted by molar-refractivity contribution is 7.91. The molecule has 7 heteroatoms. The zero-order valence-electron chi connectivity index (χ0n) is 10.3. The van der Waals surface area contributed by atoms with Gasteiger partial charge >= 0.3 is 6.18 Å². The molecule has 1 aromatic rings. The summed E-state index contributed by atoms with van der Waals surface area (Å²) < 4.78 is 62.0. The molecule has 0 spiro atoms. The van der Waals surface area contributed by atoms with Crippen molar-refractivity contribution in [2.24, 2.45) is 0 Å². The van der Waals surface area contributed by atoms with Crippen LogP contribution in [0.2, 0.25) is 0 Å². The number of hydrogen-bond donors (Lipinski definition) is 1. The van der Waals surface area contributed by atoms with Crippen LogP contribution in [0.25, 0.3) is 0 Å². The molecular formula is C12H14F3NO2S. The Balaban J connectivity index is 2.54. The molecule has 1 aliphatic heterocycles. The van der Waals surface area contributed by atoms with Gasteiger partial charge in [0.25, 0.3) is 0 Å². The molecule has 1 atom stereocenters. The molecule has 19 heavy (non-hydrogen) atoms. The Morgan fingerprint density at radius 3 is 2.63 bits per heavy atom. The van der Waals surface area contributed by atoms with Crippen LogP contribution in [0.1, 0.15) is 29.7 Å². The fraction of sp³-hybridized carbons (Fsp3) is 0.500. The molecule has 1 aromatic carbocycles. The molecule has 3 nitrogen and oxygen atoms in total. The van der Waals surface area contributed by atoms with Crippen LogP contribution in [0, 0.1) is 0 Å². The van der Waals surface area contributed by atoms with Crippen molar-refractivity contribution in [3.8, 4) is 0 Å². The molecule has 0 aromatic heterocycles. The maximum Gasteiger partial charge on any atom is 0.416 e. The molecule has 0 bridgehead atoms. The monoisotopic (exact) mass is 293 g/mol. The van der Waals surface area contributed by atoms with Crippen LogP contribution >= 0.6 is 0 Å². The summed E-state index contributed by atoms with van der Waals surface area (Å²) in [6.07, 6.45) is -4.17. The molecule has 2 rings (SSSR count). The van der Waals surface area contributed by atoms with E-state index >= 15 is 0 Å². The van der Waals surface area contributed by atoms with Crippen LogP contribution in [0.4, 0.5) is 18.9 Å². The smallest absolute Gasteiger partial charge is 0.385 e. The molecule has 106 valence electrons. The molecule has 1 unspecified atom stereocenters. The van der Waals surface area contributed by atoms with Crippen molar-refractivity contribution in [2.75, 3.05) is 17.6 Å². The van der Waals surface area contributed by atoms with Gasteiger partial charge in [-0.2, -0.15) is 13.2 Å². The van der Waals surface area contributed by atoms with Gasteiger partial charge < -0.3 is 5.32 Å². The molecule has 0 aliphatic carbocycles. The molecule has 0 saturated heterocycles. The van der Waals surface area contributed by atoms with E-state index in [1.165, 1.54) is 13.0 Å². The fourth-order valence-electron chi connectivity index (χ4n) is 2.23. The second-order valence-electron chi connectivity index (χ2n) is 4.46. The third-order valence-electron chi connectivity index (χ3n) is 3.28. The van der Waals surface area contributed by atoms with Crippen molar-refractivity contribution in [1.82, 2.24) is 0 Å². The van der Waals surface area contributed by atoms with Crippen molar-refractivity contribution in [3.63, 3.8) is 0 Å². The van der Waals surface area contributed by atoms with E-state index in [9.17, 15) is 21.6 Å². The van der Waals surface area contributed by atoms with Crippen LogP contribution < -0.4 is 5.32 Å². The highest BCUT2D eigenvalue weighted by atomic mass is 32.2. The van der Waals surface area contributed by atoms with Crippen LogP contribution in [0.5, 0.6) is 0 Å². The molecule has 1 heterocycles. The van der Waals surface area contributed by atoms with Gasteiger partial charge in [-0.1, -0.05) is 6.92 Å². The van der Waals surface area contributed by atoms with E-state index in [-0.39, 0.29) is 11.3 Å². The molecule has 1 aliphatic rings. The standard InChI is InChI=1S/C12H14F3NO2S/c1-2-19(17,18)11-5-6-16-10-4-3-8(7-9(10)11)12(13,14)15/h3-4,7,11,16H,2,5-6H2,1H3. The summed E-state index contributed by atoms with van der Waals surface area (Å²) in [5.41, 5.74) is -0.115. The number of hydrogen-bond acceptors (Lipinski definition) is 3. The van der Waals surface area contributed by atoms with Gasteiger partial charge in [-0.25, -0.2) is 8.42 Å². The average molecular weight is 293 g/mol. The average Bonchev–Trinajstić information content (AvgIpc) is 2.36. The molecular weight excluding hydrogens is 279 g/mol. The van der Waals surface area contributed by atoms with Gasteiger partial charge in [0.2, 0.25) is 0 Å². The fourth-order valence-corrected chi connectivity index (χ4v) is 3.70. The van der Waals surface area contributed by atoms with Crippen molar-refractivity contribution in [1.29, 1.82) is 0 Å². The second kappa shape index (κ2) is 4.70. The first kappa shape index (κ1) is 14.2. The minimum Gasteiger partial charge on any atom is -0.385 e. The quantitative estimate of drug-likeness (QED) is 0.911. The lowest BCUT2D eigenvalue weighted by atomic mass is 10.00. The Kier molecular flexibility index (Phi) is 3.51. The molecule has 0 radical (unpaired) electrons. The maximum atomic E-state index is 12.7. The number of alkyl halides is 3. The lowest BCUT2D eigenvalue weighted by Gasteiger charge is -2.27. The summed E-state index contributed by atoms with van der Waals surface area (Å²) in [7, 11) is -3.40. The summed E-state index contributed by atoms with van der Waals surface area (Å²) >= 11 is 0. The third-order valence-corrected chi connectivity index (χ3v) is 5.44. The Morgan fingerprint density at radius 1 is 1.37 bits per heavy atom. The zero-order chi connectivity index (χ0) is 14.3. The molecule has 0 fully saturated rings. The molecule has 1 N–H and O–H groups in total. The van der Waals surface area contributed by atoms with Gasteiger partial charge in [0, 0.05) is 18.0 Å². The van der Waals surface area contributed by atoms with Gasteiger partial charge in [0.1, 0.15) is 0 Å². The third kappa shape index (κ3) is 2.70. The summed E-state index contributed by atoms with van der Waals surface area (Å²) in [5.74, 6) is -0.0760. The van der Waals surface area contributed by atoms with E-state index in [2.05, 4.69) is 5.32 Å². The molecule has 0 amide bonds. The Labute approximate surface area is 109 Å². The van der Waals surface area contributed by atoms with Gasteiger partial charge in [0.05, 0.1) is 10.8 Å². The topological polar surface area (TPSA) is 46.2 Å². The first-order valence-corrected chi connectivity index (χ1v) is 7.64. The number of anilines is 1. The van der Waals surface area contributed by atoms with E-state index in [0.29, 0.717) is 18.7 Å². The van der Waals surface area contributed by atoms with E-state index < -0.39 is 26.8 Å². The van der Waals surface area contributed by atoms with Crippen molar-refractivity contribution >= 4 is 15.5 Å². The normalized spacial score (nSPS) is 19.7. The van der Waals surface area contributed by atoms with E-state index in [1.807, 2.05) is 0 Å². The van der Waals surface area contributed by atoms with Gasteiger partial charge in [0.15, 0.2) is 9.84 Å². The SMILES string of the molecule is CCS(=O)(=O)C1CCNc2ccc(C(F)(F)F)cc21. The summed E-state index contributed by atoms with van der Waals surface area (Å²) in [4.78, 5) is 0. The highest BCUT2D eigenvalue weighted by Crippen LogP contribution is 2.39. The summed E-state index contributed by atoms with van der Waals surface area (Å²) in [6.45, 7) is 1.95. The summed E-state index contributed by atoms with van der Waals surface area (Å²) in [6, 6.07) is 3.21. The minimum atomic E-state index is -4.47. The zero-order valence-corrected chi connectivity index (χ0v) is 11.1. The van der Waals surface area contributed by atoms with E-state index in [1.54, 1.807) is 0 Å². The number of benzene rings is 1. The predicted octanol–water partition coefficient (Wildman–Crippen LogP) is 3.00. The first-order valence-electron chi connectivity index (χ1n) is 5.92. The van der Waals surface area contributed by atoms with Crippen molar-refractivity contribution < 1.29 is 21.6 Å². The molecule has 0 saturated carbocycles. The Morgan fingerprint density at radius 2 is 2.05 bits per heavy atom. The van der Waals surface area contributed by atoms with Crippen LogP contribution in [0.3, 0.4) is 0 Å². The van der Waals surface area contributed by atoms with Gasteiger partial charge in [-0.15, -0.1) is 0 Å². The summed E-state index contributed by atoms with van der Waals surface area (Å²) in [5, 5.41) is 2.08. The van der Waals surface area contributed by atoms with E-state index in [0.717, 1.165) is 12.1 Å². The number of sulfone groups is 1. The lowest BCUT2D eigenvalue weighted by molar-refractivity contribution is -0.137. The van der Waals surface area contributed by atoms with E-state index in [4.69, 9.17) is 0 Å². The van der Waals surface area contributed by atoms with Gasteiger partial charge in [-0.05, 0) is 30.2 Å². The van der Waals surface area contributed by atoms with Crippen LogP contribution in [-0.2, 0) is 16.0 Å². The second-order valence-corrected chi connectivity index (χ2v) is 6.93. The number of fused-ring (bicyclic) bond motifs is 1. The number of halogens is 3. The minimum absolute atomic E-state index is 0.0760. The Bertz CT molecular complexity index is 581. The Hall–Kier alpha value is -1.24. The van der Waals surface area contributed by atoms with Crippen molar-refractivity contribution in [2.45, 2.75) is 24.8 Å². The van der Waals surface area contributed by atoms with Gasteiger partial charge in [-0.3, -0.25) is 0 Å². The van der Waals surface area contributed by atoms with Crippen LogP contribution in [0.15, 0.2) is 18.2 Å². The lowest BCUT2D eigenvalue weighted by Crippen LogP contribution is -2.25. The first-order chi connectivity index (χ1) is 8.75. The van der Waals surface area contributed by atoms with Crippen LogP contribution in [-0.4, -0.2) is 20.7 Å². The largest absolute Gasteiger partial charge is 0.416 e. The van der Waals surface area contributed by atoms with Crippen molar-refractivity contribution in [3.05, 3.63) is 29.3 Å². The number of nitrogens with one attached hydrogen (secondary N) is 1. The maximum absolute atomic E-state index is 12.7.